The van der Waals surface area contributed by atoms with Gasteiger partial charge in [-0.05, 0) is 89.5 Å². The SMILES string of the molecule is CCCCOC(=O)c1ccc(NC(=O)CSc2ccc(NC(=O)/C(=C/c3cccc4ccccc34)NC(=O)c3ccccc3)cc2)cc1. The van der Waals surface area contributed by atoms with Gasteiger partial charge in [-0.25, -0.2) is 4.79 Å². The van der Waals surface area contributed by atoms with Crippen molar-refractivity contribution in [2.45, 2.75) is 24.7 Å². The molecule has 0 aromatic heterocycles. The fraction of sp³-hybridized carbons (Fsp3) is 0.128. The van der Waals surface area contributed by atoms with Crippen molar-refractivity contribution in [2.24, 2.45) is 0 Å². The number of nitrogens with one attached hydrogen (secondary N) is 3. The highest BCUT2D eigenvalue weighted by atomic mass is 32.2. The van der Waals surface area contributed by atoms with Crippen molar-refractivity contribution >= 4 is 63.7 Å². The van der Waals surface area contributed by atoms with Crippen molar-refractivity contribution in [3.63, 3.8) is 0 Å². The number of anilines is 2. The minimum absolute atomic E-state index is 0.0942. The average molecular weight is 658 g/mol. The molecule has 0 bridgehead atoms. The molecule has 0 saturated carbocycles. The summed E-state index contributed by atoms with van der Waals surface area (Å²) in [4.78, 5) is 52.1. The first-order valence-electron chi connectivity index (χ1n) is 15.6. The number of carbonyl (C=O) groups excluding carboxylic acids is 4. The normalized spacial score (nSPS) is 11.1. The highest BCUT2D eigenvalue weighted by Crippen LogP contribution is 2.23. The molecule has 8 nitrogen and oxygen atoms in total. The van der Waals surface area contributed by atoms with E-state index in [4.69, 9.17) is 4.74 Å². The summed E-state index contributed by atoms with van der Waals surface area (Å²) >= 11 is 1.34. The van der Waals surface area contributed by atoms with Gasteiger partial charge in [-0.15, -0.1) is 11.8 Å². The van der Waals surface area contributed by atoms with Crippen molar-refractivity contribution < 1.29 is 23.9 Å². The van der Waals surface area contributed by atoms with Gasteiger partial charge in [0.15, 0.2) is 0 Å². The predicted octanol–water partition coefficient (Wildman–Crippen LogP) is 7.94. The second-order valence-electron chi connectivity index (χ2n) is 10.8. The van der Waals surface area contributed by atoms with Gasteiger partial charge in [-0.1, -0.05) is 74.0 Å². The number of rotatable bonds is 13. The Hall–Kier alpha value is -5.67. The maximum atomic E-state index is 13.5. The molecule has 5 aromatic rings. The lowest BCUT2D eigenvalue weighted by Crippen LogP contribution is -2.30. The topological polar surface area (TPSA) is 114 Å². The Morgan fingerprint density at radius 2 is 1.38 bits per heavy atom. The molecule has 0 aliphatic rings. The Kier molecular flexibility index (Phi) is 11.8. The lowest BCUT2D eigenvalue weighted by Gasteiger charge is -2.12. The molecule has 0 heterocycles. The van der Waals surface area contributed by atoms with Gasteiger partial charge in [0.05, 0.1) is 17.9 Å². The molecule has 9 heteroatoms. The van der Waals surface area contributed by atoms with Crippen LogP contribution in [-0.4, -0.2) is 36.1 Å². The van der Waals surface area contributed by atoms with Crippen LogP contribution in [0.3, 0.4) is 0 Å². The molecule has 0 aliphatic heterocycles. The van der Waals surface area contributed by atoms with Gasteiger partial charge in [0, 0.05) is 21.8 Å². The van der Waals surface area contributed by atoms with E-state index in [2.05, 4.69) is 16.0 Å². The molecule has 0 atom stereocenters. The van der Waals surface area contributed by atoms with Crippen LogP contribution in [-0.2, 0) is 14.3 Å². The summed E-state index contributed by atoms with van der Waals surface area (Å²) in [5.74, 6) is -1.30. The first-order valence-corrected chi connectivity index (χ1v) is 16.6. The fourth-order valence-corrected chi connectivity index (χ4v) is 5.43. The van der Waals surface area contributed by atoms with Crippen LogP contribution in [0.15, 0.2) is 132 Å². The van der Waals surface area contributed by atoms with Gasteiger partial charge in [0.2, 0.25) is 5.91 Å². The monoisotopic (exact) mass is 657 g/mol. The summed E-state index contributed by atoms with van der Waals surface area (Å²) in [6.45, 7) is 2.41. The van der Waals surface area contributed by atoms with Gasteiger partial charge in [0.25, 0.3) is 11.8 Å². The molecule has 48 heavy (non-hydrogen) atoms. The quantitative estimate of drug-likeness (QED) is 0.0513. The van der Waals surface area contributed by atoms with Crippen LogP contribution in [0.25, 0.3) is 16.8 Å². The maximum absolute atomic E-state index is 13.5. The minimum Gasteiger partial charge on any atom is -0.462 e. The molecule has 0 unspecified atom stereocenters. The van der Waals surface area contributed by atoms with Crippen LogP contribution in [0.5, 0.6) is 0 Å². The maximum Gasteiger partial charge on any atom is 0.338 e. The molecule has 0 aliphatic carbocycles. The van der Waals surface area contributed by atoms with Gasteiger partial charge >= 0.3 is 5.97 Å². The molecule has 3 N–H and O–H groups in total. The Balaban J connectivity index is 1.20. The van der Waals surface area contributed by atoms with Crippen LogP contribution >= 0.6 is 11.8 Å². The smallest absolute Gasteiger partial charge is 0.338 e. The van der Waals surface area contributed by atoms with E-state index >= 15 is 0 Å². The number of hydrogen-bond donors (Lipinski definition) is 3. The number of hydrogen-bond acceptors (Lipinski definition) is 6. The Bertz CT molecular complexity index is 1920. The highest BCUT2D eigenvalue weighted by Gasteiger charge is 2.16. The highest BCUT2D eigenvalue weighted by molar-refractivity contribution is 8.00. The lowest BCUT2D eigenvalue weighted by molar-refractivity contribution is -0.114. The summed E-state index contributed by atoms with van der Waals surface area (Å²) < 4.78 is 5.22. The Morgan fingerprint density at radius 3 is 2.12 bits per heavy atom. The van der Waals surface area contributed by atoms with E-state index in [-0.39, 0.29) is 23.3 Å². The van der Waals surface area contributed by atoms with E-state index in [1.165, 1.54) is 11.8 Å². The lowest BCUT2D eigenvalue weighted by atomic mass is 10.0. The number of esters is 1. The molecule has 0 spiro atoms. The zero-order valence-corrected chi connectivity index (χ0v) is 27.2. The molecule has 0 saturated heterocycles. The van der Waals surface area contributed by atoms with Crippen molar-refractivity contribution in [1.82, 2.24) is 5.32 Å². The van der Waals surface area contributed by atoms with Gasteiger partial charge in [-0.3, -0.25) is 14.4 Å². The Labute approximate surface area is 283 Å². The largest absolute Gasteiger partial charge is 0.462 e. The van der Waals surface area contributed by atoms with E-state index in [9.17, 15) is 19.2 Å². The standard InChI is InChI=1S/C39H35N3O5S/c1-2-3-24-47-39(46)29-16-18-31(19-17-29)40-36(43)26-48-33-22-20-32(21-23-33)41-38(45)35(42-37(44)28-11-5-4-6-12-28)25-30-14-9-13-27-10-7-8-15-34(27)30/h4-23,25H,2-3,24,26H2,1H3,(H,40,43)(H,41,45)(H,42,44)/b35-25-. The zero-order valence-electron chi connectivity index (χ0n) is 26.4. The van der Waals surface area contributed by atoms with E-state index in [1.54, 1.807) is 66.7 Å². The van der Waals surface area contributed by atoms with Crippen molar-refractivity contribution in [1.29, 1.82) is 0 Å². The number of thioether (sulfide) groups is 1. The van der Waals surface area contributed by atoms with Gasteiger partial charge in [-0.2, -0.15) is 0 Å². The molecule has 5 aromatic carbocycles. The van der Waals surface area contributed by atoms with Crippen molar-refractivity contribution in [3.8, 4) is 0 Å². The number of ether oxygens (including phenoxy) is 1. The molecular weight excluding hydrogens is 623 g/mol. The molecule has 3 amide bonds. The third-order valence-electron chi connectivity index (χ3n) is 7.27. The van der Waals surface area contributed by atoms with Gasteiger partial charge in [0.1, 0.15) is 5.70 Å². The average Bonchev–Trinajstić information content (AvgIpc) is 3.12. The minimum atomic E-state index is -0.479. The van der Waals surface area contributed by atoms with Crippen LogP contribution in [0, 0.1) is 0 Å². The number of benzene rings is 5. The first-order chi connectivity index (χ1) is 23.4. The second-order valence-corrected chi connectivity index (χ2v) is 11.9. The number of amides is 3. The molecule has 0 fully saturated rings. The van der Waals surface area contributed by atoms with Crippen LogP contribution in [0.4, 0.5) is 11.4 Å². The van der Waals surface area contributed by atoms with Crippen LogP contribution < -0.4 is 16.0 Å². The molecular formula is C39H35N3O5S. The van der Waals surface area contributed by atoms with E-state index in [0.29, 0.717) is 29.1 Å². The predicted molar refractivity (Wildman–Crippen MR) is 192 cm³/mol. The summed E-state index contributed by atoms with van der Waals surface area (Å²) in [6, 6.07) is 36.0. The third-order valence-corrected chi connectivity index (χ3v) is 8.28. The molecule has 242 valence electrons. The number of fused-ring (bicyclic) bond motifs is 1. The molecule has 0 radical (unpaired) electrons. The summed E-state index contributed by atoms with van der Waals surface area (Å²) in [6.07, 6.45) is 3.43. The van der Waals surface area contributed by atoms with Crippen LogP contribution in [0.1, 0.15) is 46.0 Å². The summed E-state index contributed by atoms with van der Waals surface area (Å²) in [7, 11) is 0. The number of unbranched alkanes of at least 4 members (excludes halogenated alkanes) is 1. The molecule has 5 rings (SSSR count). The van der Waals surface area contributed by atoms with E-state index in [0.717, 1.165) is 34.1 Å². The fourth-order valence-electron chi connectivity index (χ4n) is 4.74. The zero-order chi connectivity index (χ0) is 33.7. The van der Waals surface area contributed by atoms with Crippen molar-refractivity contribution in [3.05, 3.63) is 144 Å². The van der Waals surface area contributed by atoms with E-state index < -0.39 is 11.8 Å². The third kappa shape index (κ3) is 9.43. The van der Waals surface area contributed by atoms with Crippen LogP contribution in [0.2, 0.25) is 0 Å². The van der Waals surface area contributed by atoms with Crippen molar-refractivity contribution in [2.75, 3.05) is 23.0 Å². The summed E-state index contributed by atoms with van der Waals surface area (Å²) in [5.41, 5.74) is 2.85. The van der Waals surface area contributed by atoms with E-state index in [1.807, 2.05) is 67.6 Å². The number of carbonyl (C=O) groups is 4. The first kappa shape index (κ1) is 33.7. The second kappa shape index (κ2) is 16.8. The summed E-state index contributed by atoms with van der Waals surface area (Å²) in [5, 5.41) is 10.5. The van der Waals surface area contributed by atoms with Gasteiger partial charge < -0.3 is 20.7 Å². The Morgan fingerprint density at radius 1 is 0.708 bits per heavy atom.